The molecule has 3 heterocycles. The average molecular weight is 837 g/mol. The lowest BCUT2D eigenvalue weighted by atomic mass is 9.85. The number of rotatable bonds is 8. The van der Waals surface area contributed by atoms with Gasteiger partial charge in [0, 0.05) is 50.2 Å². The topological polar surface area (TPSA) is 33.5 Å². The molecule has 5 heteroatoms. The van der Waals surface area contributed by atoms with Crippen molar-refractivity contribution in [2.24, 2.45) is 0 Å². The summed E-state index contributed by atoms with van der Waals surface area (Å²) in [6, 6.07) is 54.9. The van der Waals surface area contributed by atoms with Crippen LogP contribution in [0.4, 0.5) is 22.7 Å². The van der Waals surface area contributed by atoms with Crippen molar-refractivity contribution in [2.75, 3.05) is 16.5 Å². The first-order chi connectivity index (χ1) is 34.5. The molecule has 0 saturated heterocycles. The van der Waals surface area contributed by atoms with E-state index in [1.54, 1.807) is 0 Å². The maximum absolute atomic E-state index is 8.63. The molecule has 1 aliphatic heterocycles. The van der Waals surface area contributed by atoms with Crippen molar-refractivity contribution in [1.29, 1.82) is 0 Å². The molecule has 0 saturated carbocycles. The smallest absolute Gasteiger partial charge is 0.137 e. The molecule has 0 atom stereocenters. The van der Waals surface area contributed by atoms with Gasteiger partial charge in [0.2, 0.25) is 0 Å². The Labute approximate surface area is 386 Å². The summed E-state index contributed by atoms with van der Waals surface area (Å²) in [6.45, 7) is 4.57. The van der Waals surface area contributed by atoms with E-state index in [2.05, 4.69) is 122 Å². The van der Waals surface area contributed by atoms with Crippen molar-refractivity contribution in [1.82, 2.24) is 9.55 Å². The third-order valence-electron chi connectivity index (χ3n) is 12.0. The zero-order valence-corrected chi connectivity index (χ0v) is 35.6. The third-order valence-corrected chi connectivity index (χ3v) is 12.0. The van der Waals surface area contributed by atoms with Crippen LogP contribution < -0.4 is 14.5 Å². The first-order valence-electron chi connectivity index (χ1n) is 25.4. The van der Waals surface area contributed by atoms with Crippen molar-refractivity contribution >= 4 is 44.6 Å². The van der Waals surface area contributed by atoms with Gasteiger partial charge >= 0.3 is 0 Å². The Hall–Kier alpha value is -7.89. The SMILES string of the molecule is [2H]c1c([2H])c([2H])c(-c2cnc(-n3c4ccccc4c4ccc(Oc5cccc(N6CN(c7cc(-c8ccccc8)cc(C(C)(C)C)c7)c7cc(-c8ccccc8)ccc76)c5)cc43)cc2C([2H])([2H])[2H])c([2H])c1[2H]. The lowest BCUT2D eigenvalue weighted by Crippen LogP contribution is -2.24. The third kappa shape index (κ3) is 7.15. The first-order valence-corrected chi connectivity index (χ1v) is 21.4. The Bertz CT molecular complexity index is 3730. The van der Waals surface area contributed by atoms with Gasteiger partial charge in [0.05, 0.1) is 29.3 Å². The molecule has 0 spiro atoms. The minimum absolute atomic E-state index is 0.0591. The van der Waals surface area contributed by atoms with Crippen molar-refractivity contribution in [3.63, 3.8) is 0 Å². The maximum atomic E-state index is 8.63. The minimum atomic E-state index is -2.73. The van der Waals surface area contributed by atoms with Gasteiger partial charge in [-0.2, -0.15) is 0 Å². The van der Waals surface area contributed by atoms with Gasteiger partial charge in [0.1, 0.15) is 24.0 Å². The predicted molar refractivity (Wildman–Crippen MR) is 267 cm³/mol. The molecule has 1 aliphatic rings. The Morgan fingerprint density at radius 2 is 1.27 bits per heavy atom. The Balaban J connectivity index is 0.986. The summed E-state index contributed by atoms with van der Waals surface area (Å²) >= 11 is 0. The van der Waals surface area contributed by atoms with E-state index in [1.165, 1.54) is 17.8 Å². The molecule has 0 fully saturated rings. The second-order valence-electron chi connectivity index (χ2n) is 17.2. The van der Waals surface area contributed by atoms with Gasteiger partial charge in [-0.05, 0) is 112 Å². The summed E-state index contributed by atoms with van der Waals surface area (Å²) in [4.78, 5) is 9.44. The number of pyridine rings is 1. The quantitative estimate of drug-likeness (QED) is 0.153. The molecule has 11 rings (SSSR count). The van der Waals surface area contributed by atoms with Crippen LogP contribution in [0.2, 0.25) is 0 Å². The fourth-order valence-electron chi connectivity index (χ4n) is 8.77. The Morgan fingerprint density at radius 1 is 0.547 bits per heavy atom. The van der Waals surface area contributed by atoms with Gasteiger partial charge in [-0.3, -0.25) is 4.57 Å². The molecule has 310 valence electrons. The monoisotopic (exact) mass is 836 g/mol. The van der Waals surface area contributed by atoms with Crippen LogP contribution in [-0.4, -0.2) is 16.2 Å². The molecule has 5 nitrogen and oxygen atoms in total. The Morgan fingerprint density at radius 3 is 2.05 bits per heavy atom. The second-order valence-corrected chi connectivity index (χ2v) is 17.2. The molecule has 0 N–H and O–H groups in total. The standard InChI is InChI=1S/C59H48N4O/c1-40-31-58(60-38-53(40)43-21-12-7-13-22-43)63-54-26-15-14-25-51(54)52-29-28-50(37-56(52)63)64-49-24-16-23-47(36-49)61-39-62(57-34-44(27-30-55(57)61)41-17-8-5-9-18-41)48-33-45(42-19-10-6-11-20-42)32-46(35-48)59(2,3)4/h5-38H,39H2,1-4H3/i1D3,7D,12D,13D,21D,22D. The molecule has 8 aromatic carbocycles. The van der Waals surface area contributed by atoms with Crippen LogP contribution in [0.3, 0.4) is 0 Å². The second kappa shape index (κ2) is 15.8. The number of fused-ring (bicyclic) bond motifs is 4. The Kier molecular flexibility index (Phi) is 7.65. The molecule has 0 bridgehead atoms. The predicted octanol–water partition coefficient (Wildman–Crippen LogP) is 15.8. The highest BCUT2D eigenvalue weighted by molar-refractivity contribution is 6.09. The molecule has 0 aliphatic carbocycles. The van der Waals surface area contributed by atoms with E-state index in [4.69, 9.17) is 20.7 Å². The van der Waals surface area contributed by atoms with Crippen LogP contribution in [0.25, 0.3) is 61.0 Å². The van der Waals surface area contributed by atoms with Crippen LogP contribution in [0.15, 0.2) is 206 Å². The summed E-state index contributed by atoms with van der Waals surface area (Å²) in [5.74, 6) is 1.43. The lowest BCUT2D eigenvalue weighted by Gasteiger charge is -2.26. The van der Waals surface area contributed by atoms with Crippen molar-refractivity contribution in [2.45, 2.75) is 33.0 Å². The summed E-state index contributed by atoms with van der Waals surface area (Å²) in [5, 5.41) is 1.79. The zero-order chi connectivity index (χ0) is 50.2. The molecule has 0 radical (unpaired) electrons. The van der Waals surface area contributed by atoms with Crippen LogP contribution in [-0.2, 0) is 5.41 Å². The van der Waals surface area contributed by atoms with Gasteiger partial charge in [-0.25, -0.2) is 4.98 Å². The van der Waals surface area contributed by atoms with Gasteiger partial charge < -0.3 is 14.5 Å². The highest BCUT2D eigenvalue weighted by Gasteiger charge is 2.30. The molecule has 0 unspecified atom stereocenters. The van der Waals surface area contributed by atoms with E-state index < -0.39 is 37.1 Å². The van der Waals surface area contributed by atoms with E-state index >= 15 is 0 Å². The normalized spacial score (nSPS) is 14.5. The molecule has 64 heavy (non-hydrogen) atoms. The van der Waals surface area contributed by atoms with Gasteiger partial charge in [-0.15, -0.1) is 0 Å². The van der Waals surface area contributed by atoms with Crippen molar-refractivity contribution < 1.29 is 15.7 Å². The molecule has 2 aromatic heterocycles. The number of para-hydroxylation sites is 1. The summed E-state index contributed by atoms with van der Waals surface area (Å²) in [5.41, 5.74) is 10.9. The number of anilines is 4. The number of nitrogens with zero attached hydrogens (tertiary/aromatic N) is 4. The number of hydrogen-bond donors (Lipinski definition) is 0. The molecule has 10 aromatic rings. The highest BCUT2D eigenvalue weighted by atomic mass is 16.5. The maximum Gasteiger partial charge on any atom is 0.137 e. The van der Waals surface area contributed by atoms with Crippen molar-refractivity contribution in [3.05, 3.63) is 217 Å². The lowest BCUT2D eigenvalue weighted by molar-refractivity contribution is 0.483. The number of aromatic nitrogens is 2. The summed E-state index contributed by atoms with van der Waals surface area (Å²) in [6.07, 6.45) is 1.29. The first kappa shape index (κ1) is 31.0. The van der Waals surface area contributed by atoms with Crippen LogP contribution >= 0.6 is 0 Å². The van der Waals surface area contributed by atoms with Crippen LogP contribution in [0, 0.1) is 6.85 Å². The highest BCUT2D eigenvalue weighted by Crippen LogP contribution is 2.48. The number of ether oxygens (including phenoxy) is 1. The van der Waals surface area contributed by atoms with E-state index in [-0.39, 0.29) is 27.9 Å². The number of benzene rings is 8. The molecule has 0 amide bonds. The summed E-state index contributed by atoms with van der Waals surface area (Å²) in [7, 11) is 0. The largest absolute Gasteiger partial charge is 0.457 e. The van der Waals surface area contributed by atoms with Crippen molar-refractivity contribution in [3.8, 4) is 50.7 Å². The fourth-order valence-corrected chi connectivity index (χ4v) is 8.77. The van der Waals surface area contributed by atoms with Crippen LogP contribution in [0.5, 0.6) is 11.5 Å². The van der Waals surface area contributed by atoms with Crippen LogP contribution in [0.1, 0.15) is 42.9 Å². The zero-order valence-electron chi connectivity index (χ0n) is 43.6. The summed E-state index contributed by atoms with van der Waals surface area (Å²) < 4.78 is 76.2. The average Bonchev–Trinajstić information content (AvgIpc) is 3.93. The fraction of sp³-hybridized carbons (Fsp3) is 0.102. The molecular formula is C59H48N4O. The van der Waals surface area contributed by atoms with Gasteiger partial charge in [-0.1, -0.05) is 148 Å². The van der Waals surface area contributed by atoms with E-state index in [1.807, 2.05) is 77.4 Å². The van der Waals surface area contributed by atoms with E-state index in [0.717, 1.165) is 61.3 Å². The minimum Gasteiger partial charge on any atom is -0.457 e. The number of hydrogen-bond acceptors (Lipinski definition) is 4. The number of aryl methyl sites for hydroxylation is 1. The molecular weight excluding hydrogens is 781 g/mol. The van der Waals surface area contributed by atoms with Gasteiger partial charge in [0.15, 0.2) is 0 Å². The van der Waals surface area contributed by atoms with E-state index in [0.29, 0.717) is 23.7 Å². The van der Waals surface area contributed by atoms with E-state index in [9.17, 15) is 0 Å². The van der Waals surface area contributed by atoms with Gasteiger partial charge in [0.25, 0.3) is 0 Å².